The number of rotatable bonds is 1. The molecule has 2 nitrogen and oxygen atoms in total. The quantitative estimate of drug-likeness (QED) is 0.438. The number of benzene rings is 1. The van der Waals surface area contributed by atoms with Gasteiger partial charge in [-0.3, -0.25) is 0 Å². The van der Waals surface area contributed by atoms with Gasteiger partial charge in [-0.1, -0.05) is 6.07 Å². The van der Waals surface area contributed by atoms with Gasteiger partial charge in [0, 0.05) is 17.7 Å². The lowest BCUT2D eigenvalue weighted by Crippen LogP contribution is -2.23. The molecule has 0 saturated heterocycles. The molecule has 0 saturated carbocycles. The van der Waals surface area contributed by atoms with Crippen LogP contribution in [0.3, 0.4) is 0 Å². The molecule has 0 unspecified atom stereocenters. The van der Waals surface area contributed by atoms with Crippen molar-refractivity contribution in [1.29, 1.82) is 0 Å². The molecule has 18 heavy (non-hydrogen) atoms. The van der Waals surface area contributed by atoms with Crippen LogP contribution in [-0.2, 0) is 6.18 Å². The molecular formula is C12H7F4NO. The first-order valence-corrected chi connectivity index (χ1v) is 4.94. The van der Waals surface area contributed by atoms with Gasteiger partial charge >= 0.3 is 6.18 Å². The molecule has 0 atom stereocenters. The molecular weight excluding hydrogens is 250 g/mol. The van der Waals surface area contributed by atoms with Gasteiger partial charge in [-0.05, 0) is 17.7 Å². The molecule has 1 aromatic heterocycles. The Balaban J connectivity index is 2.66. The molecule has 0 aliphatic heterocycles. The van der Waals surface area contributed by atoms with Gasteiger partial charge in [0.15, 0.2) is 12.4 Å². The third kappa shape index (κ3) is 2.27. The smallest absolute Gasteiger partial charge is 0.417 e. The lowest BCUT2D eigenvalue weighted by Gasteiger charge is -2.13. The van der Waals surface area contributed by atoms with Crippen molar-refractivity contribution < 1.29 is 22.3 Å². The van der Waals surface area contributed by atoms with Crippen LogP contribution in [0.25, 0.3) is 11.1 Å². The van der Waals surface area contributed by atoms with Crippen LogP contribution in [0.1, 0.15) is 5.56 Å². The Morgan fingerprint density at radius 1 is 1.00 bits per heavy atom. The minimum absolute atomic E-state index is 0.00697. The second-order valence-electron chi connectivity index (χ2n) is 3.61. The largest absolute Gasteiger partial charge is 0.619 e. The van der Waals surface area contributed by atoms with Gasteiger partial charge in [0.25, 0.3) is 0 Å². The molecule has 0 bridgehead atoms. The summed E-state index contributed by atoms with van der Waals surface area (Å²) in [5, 5.41) is 10.8. The third-order valence-corrected chi connectivity index (χ3v) is 2.41. The predicted octanol–water partition coefficient (Wildman–Crippen LogP) is 3.14. The fraction of sp³-hybridized carbons (Fsp3) is 0.0833. The topological polar surface area (TPSA) is 26.9 Å². The fourth-order valence-electron chi connectivity index (χ4n) is 1.63. The van der Waals surface area contributed by atoms with Gasteiger partial charge in [0.1, 0.15) is 5.82 Å². The van der Waals surface area contributed by atoms with E-state index < -0.39 is 23.1 Å². The SMILES string of the molecule is [O-][n+]1ccc(-c2c(F)cccc2C(F)(F)F)cc1. The van der Waals surface area contributed by atoms with Crippen LogP contribution < -0.4 is 4.73 Å². The number of hydrogen-bond acceptors (Lipinski definition) is 1. The molecule has 1 aromatic carbocycles. The Morgan fingerprint density at radius 3 is 2.17 bits per heavy atom. The van der Waals surface area contributed by atoms with Crippen LogP contribution in [0.5, 0.6) is 0 Å². The molecule has 1 heterocycles. The maximum absolute atomic E-state index is 13.6. The molecule has 94 valence electrons. The maximum Gasteiger partial charge on any atom is 0.417 e. The zero-order valence-corrected chi connectivity index (χ0v) is 8.91. The van der Waals surface area contributed by atoms with Gasteiger partial charge in [-0.25, -0.2) is 4.39 Å². The third-order valence-electron chi connectivity index (χ3n) is 2.41. The average molecular weight is 257 g/mol. The van der Waals surface area contributed by atoms with Gasteiger partial charge in [0.2, 0.25) is 0 Å². The van der Waals surface area contributed by atoms with Crippen molar-refractivity contribution in [3.63, 3.8) is 0 Å². The van der Waals surface area contributed by atoms with Crippen LogP contribution in [0, 0.1) is 11.0 Å². The first-order chi connectivity index (χ1) is 8.39. The summed E-state index contributed by atoms with van der Waals surface area (Å²) < 4.78 is 52.3. The van der Waals surface area contributed by atoms with E-state index in [-0.39, 0.29) is 5.56 Å². The molecule has 0 amide bonds. The summed E-state index contributed by atoms with van der Waals surface area (Å²) in [5.74, 6) is -0.978. The van der Waals surface area contributed by atoms with Crippen molar-refractivity contribution in [3.05, 3.63) is 59.3 Å². The molecule has 0 aliphatic rings. The Morgan fingerprint density at radius 2 is 1.61 bits per heavy atom. The lowest BCUT2D eigenvalue weighted by atomic mass is 9.99. The molecule has 0 radical (unpaired) electrons. The highest BCUT2D eigenvalue weighted by molar-refractivity contribution is 5.68. The average Bonchev–Trinajstić information content (AvgIpc) is 2.29. The van der Waals surface area contributed by atoms with E-state index in [9.17, 15) is 22.8 Å². The van der Waals surface area contributed by atoms with Crippen molar-refractivity contribution in [2.24, 2.45) is 0 Å². The summed E-state index contributed by atoms with van der Waals surface area (Å²) >= 11 is 0. The summed E-state index contributed by atoms with van der Waals surface area (Å²) in [6, 6.07) is 5.03. The summed E-state index contributed by atoms with van der Waals surface area (Å²) in [6.45, 7) is 0. The van der Waals surface area contributed by atoms with Crippen LogP contribution >= 0.6 is 0 Å². The number of hydrogen-bond donors (Lipinski definition) is 0. The number of nitrogens with zero attached hydrogens (tertiary/aromatic N) is 1. The second-order valence-corrected chi connectivity index (χ2v) is 3.61. The van der Waals surface area contributed by atoms with E-state index >= 15 is 0 Å². The Kier molecular flexibility index (Phi) is 2.94. The second kappa shape index (κ2) is 4.29. The first-order valence-electron chi connectivity index (χ1n) is 4.94. The molecule has 0 N–H and O–H groups in total. The Labute approximate surface area is 99.7 Å². The van der Waals surface area contributed by atoms with Gasteiger partial charge in [0.05, 0.1) is 5.56 Å². The molecule has 0 aliphatic carbocycles. The molecule has 2 aromatic rings. The van der Waals surface area contributed by atoms with Crippen molar-refractivity contribution in [3.8, 4) is 11.1 Å². The van der Waals surface area contributed by atoms with E-state index in [0.717, 1.165) is 42.7 Å². The van der Waals surface area contributed by atoms with Crippen LogP contribution in [0.2, 0.25) is 0 Å². The van der Waals surface area contributed by atoms with Crippen molar-refractivity contribution in [2.45, 2.75) is 6.18 Å². The highest BCUT2D eigenvalue weighted by Gasteiger charge is 2.34. The van der Waals surface area contributed by atoms with Gasteiger partial charge < -0.3 is 5.21 Å². The Hall–Kier alpha value is -2.11. The van der Waals surface area contributed by atoms with E-state index in [1.807, 2.05) is 0 Å². The number of alkyl halides is 3. The van der Waals surface area contributed by atoms with Gasteiger partial charge in [-0.2, -0.15) is 17.9 Å². The van der Waals surface area contributed by atoms with Crippen LogP contribution in [0.15, 0.2) is 42.7 Å². The highest BCUT2D eigenvalue weighted by atomic mass is 19.4. The van der Waals surface area contributed by atoms with E-state index in [0.29, 0.717) is 4.73 Å². The van der Waals surface area contributed by atoms with Crippen molar-refractivity contribution >= 4 is 0 Å². The maximum atomic E-state index is 13.6. The van der Waals surface area contributed by atoms with E-state index in [4.69, 9.17) is 0 Å². The van der Waals surface area contributed by atoms with E-state index in [1.165, 1.54) is 0 Å². The monoisotopic (exact) mass is 257 g/mol. The molecule has 0 spiro atoms. The van der Waals surface area contributed by atoms with Crippen LogP contribution in [-0.4, -0.2) is 0 Å². The minimum Gasteiger partial charge on any atom is -0.619 e. The zero-order valence-electron chi connectivity index (χ0n) is 8.91. The zero-order chi connectivity index (χ0) is 13.3. The minimum atomic E-state index is -4.65. The highest BCUT2D eigenvalue weighted by Crippen LogP contribution is 2.38. The number of pyridine rings is 1. The Bertz CT molecular complexity index is 563. The number of aromatic nitrogens is 1. The first kappa shape index (κ1) is 12.3. The van der Waals surface area contributed by atoms with Gasteiger partial charge in [-0.15, -0.1) is 0 Å². The molecule has 2 rings (SSSR count). The normalized spacial score (nSPS) is 11.6. The van der Waals surface area contributed by atoms with E-state index in [2.05, 4.69) is 0 Å². The predicted molar refractivity (Wildman–Crippen MR) is 55.8 cm³/mol. The van der Waals surface area contributed by atoms with E-state index in [1.54, 1.807) is 0 Å². The van der Waals surface area contributed by atoms with Crippen LogP contribution in [0.4, 0.5) is 17.6 Å². The summed E-state index contributed by atoms with van der Waals surface area (Å²) in [7, 11) is 0. The number of halogens is 4. The molecule has 0 fully saturated rings. The van der Waals surface area contributed by atoms with Crippen molar-refractivity contribution in [1.82, 2.24) is 0 Å². The summed E-state index contributed by atoms with van der Waals surface area (Å²) in [6.07, 6.45) is -2.62. The fourth-order valence-corrected chi connectivity index (χ4v) is 1.63. The standard InChI is InChI=1S/C12H7F4NO/c13-10-3-1-2-9(12(14,15)16)11(10)8-4-6-17(18)7-5-8/h1-7H. The molecule has 6 heteroatoms. The summed E-state index contributed by atoms with van der Waals surface area (Å²) in [5.41, 5.74) is -1.61. The summed E-state index contributed by atoms with van der Waals surface area (Å²) in [4.78, 5) is 0. The van der Waals surface area contributed by atoms with Crippen molar-refractivity contribution in [2.75, 3.05) is 0 Å². The lowest BCUT2D eigenvalue weighted by molar-refractivity contribution is -0.605.